The van der Waals surface area contributed by atoms with Gasteiger partial charge in [-0.05, 0) is 12.1 Å². The van der Waals surface area contributed by atoms with Crippen LogP contribution in [0.5, 0.6) is 0 Å². The van der Waals surface area contributed by atoms with Crippen molar-refractivity contribution >= 4 is 17.5 Å². The molecule has 0 atom stereocenters. The summed E-state index contributed by atoms with van der Waals surface area (Å²) in [7, 11) is 0. The van der Waals surface area contributed by atoms with Gasteiger partial charge in [0, 0.05) is 18.9 Å². The van der Waals surface area contributed by atoms with Gasteiger partial charge in [0.05, 0.1) is 35.6 Å². The van der Waals surface area contributed by atoms with Crippen LogP contribution in [0.1, 0.15) is 16.1 Å². The van der Waals surface area contributed by atoms with Gasteiger partial charge >= 0.3 is 0 Å². The number of nitrogens with one attached hydrogen (secondary N) is 1. The molecular weight excluding hydrogens is 266 g/mol. The van der Waals surface area contributed by atoms with Crippen molar-refractivity contribution in [2.45, 2.75) is 13.1 Å². The normalized spacial score (nSPS) is 10.4. The highest BCUT2D eigenvalue weighted by molar-refractivity contribution is 6.31. The van der Waals surface area contributed by atoms with Crippen LogP contribution < -0.4 is 11.1 Å². The third kappa shape index (κ3) is 3.52. The van der Waals surface area contributed by atoms with E-state index in [1.165, 1.54) is 6.20 Å². The van der Waals surface area contributed by atoms with E-state index in [2.05, 4.69) is 15.4 Å². The summed E-state index contributed by atoms with van der Waals surface area (Å²) in [5, 5.41) is 7.30. The van der Waals surface area contributed by atoms with Gasteiger partial charge in [-0.25, -0.2) is 0 Å². The lowest BCUT2D eigenvalue weighted by atomic mass is 10.3. The van der Waals surface area contributed by atoms with Crippen molar-refractivity contribution in [3.63, 3.8) is 0 Å². The summed E-state index contributed by atoms with van der Waals surface area (Å²) in [4.78, 5) is 16.0. The first-order valence-electron chi connectivity index (χ1n) is 5.81. The Kier molecular flexibility index (Phi) is 4.48. The van der Waals surface area contributed by atoms with E-state index < -0.39 is 0 Å². The molecule has 0 saturated heterocycles. The molecule has 19 heavy (non-hydrogen) atoms. The smallest absolute Gasteiger partial charge is 0.254 e. The van der Waals surface area contributed by atoms with Gasteiger partial charge in [0.2, 0.25) is 0 Å². The first-order chi connectivity index (χ1) is 9.20. The van der Waals surface area contributed by atoms with Crippen LogP contribution in [0.4, 0.5) is 0 Å². The number of hydrogen-bond donors (Lipinski definition) is 2. The van der Waals surface area contributed by atoms with Gasteiger partial charge < -0.3 is 11.1 Å². The lowest BCUT2D eigenvalue weighted by molar-refractivity contribution is 0.0950. The molecule has 0 unspecified atom stereocenters. The van der Waals surface area contributed by atoms with E-state index in [-0.39, 0.29) is 12.5 Å². The average Bonchev–Trinajstić information content (AvgIpc) is 2.87. The molecule has 0 fully saturated rings. The average molecular weight is 280 g/mol. The maximum atomic E-state index is 11.9. The standard InChI is InChI=1S/C12H14ClN5O/c13-10-2-1-4-15-11(10)7-16-12(19)9-6-17-18(8-9)5-3-14/h1-2,4,6,8H,3,5,7,14H2,(H,16,19). The number of pyridine rings is 1. The summed E-state index contributed by atoms with van der Waals surface area (Å²) >= 11 is 5.95. The molecule has 2 aromatic heterocycles. The number of carbonyl (C=O) groups excluding carboxylic acids is 1. The largest absolute Gasteiger partial charge is 0.346 e. The predicted molar refractivity (Wildman–Crippen MR) is 71.7 cm³/mol. The number of amides is 1. The molecule has 1 amide bonds. The molecule has 0 bridgehead atoms. The third-order valence-electron chi connectivity index (χ3n) is 2.50. The predicted octanol–water partition coefficient (Wildman–Crippen LogP) is 0.820. The zero-order valence-electron chi connectivity index (χ0n) is 10.2. The lowest BCUT2D eigenvalue weighted by Gasteiger charge is -2.04. The second-order valence-corrected chi connectivity index (χ2v) is 4.30. The number of nitrogens with zero attached hydrogens (tertiary/aromatic N) is 3. The topological polar surface area (TPSA) is 85.8 Å². The quantitative estimate of drug-likeness (QED) is 0.848. The molecule has 0 radical (unpaired) electrons. The third-order valence-corrected chi connectivity index (χ3v) is 2.85. The van der Waals surface area contributed by atoms with E-state index >= 15 is 0 Å². The van der Waals surface area contributed by atoms with Crippen molar-refractivity contribution in [3.05, 3.63) is 47.0 Å². The molecule has 2 aromatic rings. The van der Waals surface area contributed by atoms with Gasteiger partial charge in [0.1, 0.15) is 0 Å². The number of halogens is 1. The number of nitrogens with two attached hydrogens (primary N) is 1. The second-order valence-electron chi connectivity index (χ2n) is 3.90. The molecule has 0 aromatic carbocycles. The van der Waals surface area contributed by atoms with Gasteiger partial charge in [0.15, 0.2) is 0 Å². The van der Waals surface area contributed by atoms with Crippen molar-refractivity contribution < 1.29 is 4.79 Å². The van der Waals surface area contributed by atoms with Crippen LogP contribution in [-0.2, 0) is 13.1 Å². The first-order valence-corrected chi connectivity index (χ1v) is 6.18. The molecule has 0 saturated carbocycles. The maximum absolute atomic E-state index is 11.9. The molecule has 3 N–H and O–H groups in total. The van der Waals surface area contributed by atoms with E-state index in [9.17, 15) is 4.79 Å². The second kappa shape index (κ2) is 6.31. The van der Waals surface area contributed by atoms with Crippen molar-refractivity contribution in [3.8, 4) is 0 Å². The van der Waals surface area contributed by atoms with Crippen LogP contribution in [0.2, 0.25) is 5.02 Å². The van der Waals surface area contributed by atoms with E-state index in [0.717, 1.165) is 0 Å². The van der Waals surface area contributed by atoms with Crippen LogP contribution in [0.25, 0.3) is 0 Å². The maximum Gasteiger partial charge on any atom is 0.254 e. The molecule has 2 heterocycles. The van der Waals surface area contributed by atoms with Crippen LogP contribution in [-0.4, -0.2) is 27.2 Å². The Bertz CT molecular complexity index is 569. The lowest BCUT2D eigenvalue weighted by Crippen LogP contribution is -2.23. The Balaban J connectivity index is 1.95. The van der Waals surface area contributed by atoms with E-state index in [1.54, 1.807) is 29.2 Å². The van der Waals surface area contributed by atoms with Crippen LogP contribution in [0, 0.1) is 0 Å². The minimum atomic E-state index is -0.218. The summed E-state index contributed by atoms with van der Waals surface area (Å²) in [6.45, 7) is 1.34. The van der Waals surface area contributed by atoms with Gasteiger partial charge in [-0.1, -0.05) is 11.6 Å². The van der Waals surface area contributed by atoms with Crippen molar-refractivity contribution in [2.75, 3.05) is 6.54 Å². The molecule has 0 aliphatic carbocycles. The molecule has 0 aliphatic heterocycles. The summed E-state index contributed by atoms with van der Waals surface area (Å²) in [5.74, 6) is -0.218. The minimum Gasteiger partial charge on any atom is -0.346 e. The van der Waals surface area contributed by atoms with Crippen molar-refractivity contribution in [1.82, 2.24) is 20.1 Å². The Morgan fingerprint density at radius 2 is 2.37 bits per heavy atom. The van der Waals surface area contributed by atoms with E-state index in [0.29, 0.717) is 29.4 Å². The summed E-state index contributed by atoms with van der Waals surface area (Å²) < 4.78 is 1.63. The van der Waals surface area contributed by atoms with Crippen LogP contribution in [0.15, 0.2) is 30.7 Å². The van der Waals surface area contributed by atoms with Gasteiger partial charge in [-0.2, -0.15) is 5.10 Å². The summed E-state index contributed by atoms with van der Waals surface area (Å²) in [6, 6.07) is 3.47. The highest BCUT2D eigenvalue weighted by atomic mass is 35.5. The Morgan fingerprint density at radius 1 is 1.53 bits per heavy atom. The van der Waals surface area contributed by atoms with E-state index in [1.807, 2.05) is 0 Å². The van der Waals surface area contributed by atoms with Gasteiger partial charge in [-0.3, -0.25) is 14.5 Å². The highest BCUT2D eigenvalue weighted by Crippen LogP contribution is 2.11. The zero-order valence-corrected chi connectivity index (χ0v) is 11.0. The SMILES string of the molecule is NCCn1cc(C(=O)NCc2ncccc2Cl)cn1. The fourth-order valence-corrected chi connectivity index (χ4v) is 1.74. The number of aromatic nitrogens is 3. The molecule has 100 valence electrons. The van der Waals surface area contributed by atoms with Crippen LogP contribution >= 0.6 is 11.6 Å². The van der Waals surface area contributed by atoms with Crippen molar-refractivity contribution in [2.24, 2.45) is 5.73 Å². The zero-order chi connectivity index (χ0) is 13.7. The molecule has 7 heteroatoms. The van der Waals surface area contributed by atoms with Gasteiger partial charge in [0.25, 0.3) is 5.91 Å². The Morgan fingerprint density at radius 3 is 3.11 bits per heavy atom. The Hall–Kier alpha value is -1.92. The number of hydrogen-bond acceptors (Lipinski definition) is 4. The van der Waals surface area contributed by atoms with E-state index in [4.69, 9.17) is 17.3 Å². The molecule has 6 nitrogen and oxygen atoms in total. The highest BCUT2D eigenvalue weighted by Gasteiger charge is 2.09. The molecular formula is C12H14ClN5O. The molecule has 0 aliphatic rings. The Labute approximate surface area is 115 Å². The summed E-state index contributed by atoms with van der Waals surface area (Å²) in [6.07, 6.45) is 4.79. The summed E-state index contributed by atoms with van der Waals surface area (Å²) in [5.41, 5.74) is 6.53. The van der Waals surface area contributed by atoms with Gasteiger partial charge in [-0.15, -0.1) is 0 Å². The molecule has 0 spiro atoms. The minimum absolute atomic E-state index is 0.218. The van der Waals surface area contributed by atoms with Crippen LogP contribution in [0.3, 0.4) is 0 Å². The fourth-order valence-electron chi connectivity index (χ4n) is 1.55. The molecule has 2 rings (SSSR count). The van der Waals surface area contributed by atoms with Crippen molar-refractivity contribution in [1.29, 1.82) is 0 Å². The number of rotatable bonds is 5. The number of carbonyl (C=O) groups is 1. The monoisotopic (exact) mass is 279 g/mol. The fraction of sp³-hybridized carbons (Fsp3) is 0.250. The first kappa shape index (κ1) is 13.5.